The van der Waals surface area contributed by atoms with Gasteiger partial charge in [0.1, 0.15) is 19.3 Å². The maximum atomic E-state index is 13.1. The normalized spacial score (nSPS) is 14.4. The number of ether oxygens (including phenoxy) is 4. The van der Waals surface area contributed by atoms with Gasteiger partial charge < -0.3 is 33.8 Å². The van der Waals surface area contributed by atoms with Gasteiger partial charge in [-0.05, 0) is 89.9 Å². The molecule has 0 aliphatic carbocycles. The molecule has 0 saturated heterocycles. The summed E-state index contributed by atoms with van der Waals surface area (Å²) in [7, 11) is -9.95. The minimum absolute atomic E-state index is 0.0674. The molecule has 0 saturated carbocycles. The largest absolute Gasteiger partial charge is 0.472 e. The second-order valence-electron chi connectivity index (χ2n) is 25.2. The van der Waals surface area contributed by atoms with Crippen LogP contribution in [0, 0.1) is 0 Å². The van der Waals surface area contributed by atoms with E-state index in [2.05, 4.69) is 101 Å². The first-order chi connectivity index (χ1) is 46.7. The fourth-order valence-electron chi connectivity index (χ4n) is 10.1. The minimum Gasteiger partial charge on any atom is -0.462 e. The van der Waals surface area contributed by atoms with Crippen LogP contribution in [-0.4, -0.2) is 96.7 Å². The molecule has 17 nitrogen and oxygen atoms in total. The third-order valence-corrected chi connectivity index (χ3v) is 17.8. The topological polar surface area (TPSA) is 237 Å². The van der Waals surface area contributed by atoms with Crippen LogP contribution in [-0.2, 0) is 65.4 Å². The van der Waals surface area contributed by atoms with E-state index in [0.717, 1.165) is 128 Å². The maximum Gasteiger partial charge on any atom is 0.472 e. The molecule has 96 heavy (non-hydrogen) atoms. The van der Waals surface area contributed by atoms with Crippen LogP contribution in [0.1, 0.15) is 323 Å². The Balaban J connectivity index is 5.37. The molecule has 556 valence electrons. The standard InChI is InChI=1S/C77H136O17P2/c1-5-9-13-17-21-25-29-33-34-35-36-40-42-46-50-54-58-62-75(80)88-68-73(94-77(82)64-60-56-52-48-44-39-32-28-24-20-16-12-8-4)70-92-96(85,86)90-66-71(78)65-89-95(83,84)91-69-72(93-76(81)63-59-55-51-47-43-38-31-27-23-19-15-11-7-3)67-87-74(79)61-57-53-49-45-41-37-30-26-22-18-14-10-6-2/h9,13,16,20-21,25,28,32-34,36,40,46,50,71-73,78H,5-8,10-12,14-15,17-19,22-24,26-27,29-31,35,37-39,41-45,47-49,51-70H2,1-4H3,(H,83,84)(H,85,86)/b13-9-,20-16-,25-21-,32-28-,34-33-,40-36-,50-46-. The predicted molar refractivity (Wildman–Crippen MR) is 390 cm³/mol. The fraction of sp³-hybridized carbons (Fsp3) is 0.766. The molecule has 0 bridgehead atoms. The SMILES string of the molecule is CC/C=C\C/C=C\C/C=C\C/C=C\C/C=C\CCCC(=O)OCC(COP(=O)(O)OCC(O)COP(=O)(O)OCC(COC(=O)CCCCCCCCCCCCCCC)OC(=O)CCCCCCCCCCCCCCC)OC(=O)CCCCCCC/C=C\C/C=C\CCC. The van der Waals surface area contributed by atoms with E-state index in [1.165, 1.54) is 109 Å². The number of aliphatic hydroxyl groups is 1. The summed E-state index contributed by atoms with van der Waals surface area (Å²) in [6.07, 6.45) is 70.1. The molecule has 3 N–H and O–H groups in total. The van der Waals surface area contributed by atoms with Crippen LogP contribution in [0.15, 0.2) is 85.1 Å². The molecule has 0 rings (SSSR count). The molecule has 0 aromatic heterocycles. The number of rotatable bonds is 71. The summed E-state index contributed by atoms with van der Waals surface area (Å²) in [6.45, 7) is 4.65. The molecule has 0 spiro atoms. The summed E-state index contributed by atoms with van der Waals surface area (Å²) in [6, 6.07) is 0. The number of hydrogen-bond donors (Lipinski definition) is 3. The molecule has 5 atom stereocenters. The van der Waals surface area contributed by atoms with E-state index in [4.69, 9.17) is 37.0 Å². The maximum absolute atomic E-state index is 13.1. The van der Waals surface area contributed by atoms with Crippen molar-refractivity contribution in [3.8, 4) is 0 Å². The highest BCUT2D eigenvalue weighted by Gasteiger charge is 2.30. The lowest BCUT2D eigenvalue weighted by Gasteiger charge is -2.21. The van der Waals surface area contributed by atoms with E-state index < -0.39 is 97.5 Å². The van der Waals surface area contributed by atoms with E-state index in [1.807, 2.05) is 12.2 Å². The zero-order chi connectivity index (χ0) is 70.4. The summed E-state index contributed by atoms with van der Waals surface area (Å²) >= 11 is 0. The molecular formula is C77H136O17P2. The third kappa shape index (κ3) is 68.8. The smallest absolute Gasteiger partial charge is 0.462 e. The Hall–Kier alpha value is -3.76. The van der Waals surface area contributed by atoms with Gasteiger partial charge in [0, 0.05) is 25.7 Å². The van der Waals surface area contributed by atoms with Crippen LogP contribution in [0.4, 0.5) is 0 Å². The molecule has 0 radical (unpaired) electrons. The van der Waals surface area contributed by atoms with Gasteiger partial charge in [-0.15, -0.1) is 0 Å². The lowest BCUT2D eigenvalue weighted by Crippen LogP contribution is -2.30. The van der Waals surface area contributed by atoms with Crippen LogP contribution < -0.4 is 0 Å². The average Bonchev–Trinajstić information content (AvgIpc) is 3.12. The molecule has 19 heteroatoms. The summed E-state index contributed by atoms with van der Waals surface area (Å²) in [4.78, 5) is 72.7. The number of carbonyl (C=O) groups is 4. The van der Waals surface area contributed by atoms with E-state index in [9.17, 15) is 43.2 Å². The van der Waals surface area contributed by atoms with E-state index >= 15 is 0 Å². The van der Waals surface area contributed by atoms with Crippen LogP contribution in [0.2, 0.25) is 0 Å². The molecular weight excluding hydrogens is 1260 g/mol. The Labute approximate surface area is 583 Å². The Morgan fingerprint density at radius 2 is 0.573 bits per heavy atom. The van der Waals surface area contributed by atoms with Gasteiger partial charge in [-0.25, -0.2) is 9.13 Å². The summed E-state index contributed by atoms with van der Waals surface area (Å²) in [5, 5.41) is 10.6. The van der Waals surface area contributed by atoms with E-state index in [0.29, 0.717) is 32.1 Å². The van der Waals surface area contributed by atoms with Crippen molar-refractivity contribution in [3.05, 3.63) is 85.1 Å². The van der Waals surface area contributed by atoms with Gasteiger partial charge in [0.05, 0.1) is 26.4 Å². The van der Waals surface area contributed by atoms with Gasteiger partial charge in [-0.3, -0.25) is 37.3 Å². The van der Waals surface area contributed by atoms with Gasteiger partial charge >= 0.3 is 39.5 Å². The Bertz CT molecular complexity index is 2160. The Morgan fingerprint density at radius 3 is 0.917 bits per heavy atom. The van der Waals surface area contributed by atoms with Crippen LogP contribution in [0.3, 0.4) is 0 Å². The van der Waals surface area contributed by atoms with Gasteiger partial charge in [0.25, 0.3) is 0 Å². The highest BCUT2D eigenvalue weighted by molar-refractivity contribution is 7.47. The molecule has 5 unspecified atom stereocenters. The Morgan fingerprint density at radius 1 is 0.302 bits per heavy atom. The molecule has 0 fully saturated rings. The van der Waals surface area contributed by atoms with Crippen LogP contribution in [0.5, 0.6) is 0 Å². The van der Waals surface area contributed by atoms with E-state index in [1.54, 1.807) is 0 Å². The van der Waals surface area contributed by atoms with Crippen molar-refractivity contribution in [2.24, 2.45) is 0 Å². The third-order valence-electron chi connectivity index (χ3n) is 15.9. The van der Waals surface area contributed by atoms with Gasteiger partial charge in [-0.1, -0.05) is 293 Å². The molecule has 0 aromatic carbocycles. The molecule has 0 amide bonds. The zero-order valence-corrected chi connectivity index (χ0v) is 62.3. The lowest BCUT2D eigenvalue weighted by atomic mass is 10.0. The number of carbonyl (C=O) groups excluding carboxylic acids is 4. The Kier molecular flexibility index (Phi) is 67.0. The zero-order valence-electron chi connectivity index (χ0n) is 60.5. The monoisotopic (exact) mass is 1390 g/mol. The number of esters is 4. The highest BCUT2D eigenvalue weighted by Crippen LogP contribution is 2.45. The van der Waals surface area contributed by atoms with Crippen LogP contribution in [0.25, 0.3) is 0 Å². The van der Waals surface area contributed by atoms with Crippen molar-refractivity contribution in [2.75, 3.05) is 39.6 Å². The van der Waals surface area contributed by atoms with Crippen molar-refractivity contribution in [2.45, 2.75) is 341 Å². The number of unbranched alkanes of at least 4 members (excludes halogenated alkanes) is 31. The van der Waals surface area contributed by atoms with Gasteiger partial charge in [0.15, 0.2) is 12.2 Å². The summed E-state index contributed by atoms with van der Waals surface area (Å²) in [5.74, 6) is -2.24. The van der Waals surface area contributed by atoms with Crippen molar-refractivity contribution in [1.82, 2.24) is 0 Å². The number of phosphoric ester groups is 2. The average molecular weight is 1400 g/mol. The van der Waals surface area contributed by atoms with Crippen LogP contribution >= 0.6 is 15.6 Å². The number of hydrogen-bond acceptors (Lipinski definition) is 15. The number of phosphoric acid groups is 2. The first kappa shape index (κ1) is 92.2. The highest BCUT2D eigenvalue weighted by atomic mass is 31.2. The lowest BCUT2D eigenvalue weighted by molar-refractivity contribution is -0.161. The fourth-order valence-corrected chi connectivity index (χ4v) is 11.7. The second-order valence-corrected chi connectivity index (χ2v) is 28.1. The molecule has 0 aliphatic heterocycles. The summed E-state index contributed by atoms with van der Waals surface area (Å²) < 4.78 is 68.4. The number of aliphatic hydroxyl groups excluding tert-OH is 1. The van der Waals surface area contributed by atoms with Crippen molar-refractivity contribution in [1.29, 1.82) is 0 Å². The minimum atomic E-state index is -4.98. The van der Waals surface area contributed by atoms with Gasteiger partial charge in [0.2, 0.25) is 0 Å². The predicted octanol–water partition coefficient (Wildman–Crippen LogP) is 21.4. The molecule has 0 aromatic rings. The molecule has 0 aliphatic rings. The quantitative estimate of drug-likeness (QED) is 0.0169. The molecule has 0 heterocycles. The first-order valence-corrected chi connectivity index (χ1v) is 40.8. The first-order valence-electron chi connectivity index (χ1n) is 37.8. The van der Waals surface area contributed by atoms with Crippen molar-refractivity contribution >= 4 is 39.5 Å². The van der Waals surface area contributed by atoms with Crippen molar-refractivity contribution < 1.29 is 80.2 Å². The summed E-state index contributed by atoms with van der Waals surface area (Å²) in [5.41, 5.74) is 0. The van der Waals surface area contributed by atoms with E-state index in [-0.39, 0.29) is 25.7 Å². The second kappa shape index (κ2) is 69.7. The number of allylic oxidation sites excluding steroid dienone is 14. The van der Waals surface area contributed by atoms with Gasteiger partial charge in [-0.2, -0.15) is 0 Å². The van der Waals surface area contributed by atoms with Crippen molar-refractivity contribution in [3.63, 3.8) is 0 Å².